The molecular weight excluding hydrogens is 348 g/mol. The first-order valence-corrected chi connectivity index (χ1v) is 8.51. The van der Waals surface area contributed by atoms with E-state index in [1.165, 1.54) is 0 Å². The van der Waals surface area contributed by atoms with Crippen molar-refractivity contribution in [1.82, 2.24) is 14.5 Å². The summed E-state index contributed by atoms with van der Waals surface area (Å²) < 4.78 is 2.22. The largest absolute Gasteiger partial charge is 0.342 e. The van der Waals surface area contributed by atoms with Gasteiger partial charge in [0, 0.05) is 19.3 Å². The van der Waals surface area contributed by atoms with E-state index in [0.717, 1.165) is 48.7 Å². The third-order valence-electron chi connectivity index (χ3n) is 4.79. The van der Waals surface area contributed by atoms with Gasteiger partial charge < -0.3 is 15.2 Å². The van der Waals surface area contributed by atoms with Gasteiger partial charge in [0.15, 0.2) is 0 Å². The number of fused-ring (bicyclic) bond motifs is 1. The molecule has 26 heavy (non-hydrogen) atoms. The number of halogens is 1. The lowest BCUT2D eigenvalue weighted by Gasteiger charge is -2.19. The van der Waals surface area contributed by atoms with Crippen molar-refractivity contribution in [2.24, 2.45) is 11.7 Å². The highest BCUT2D eigenvalue weighted by atomic mass is 35.5. The summed E-state index contributed by atoms with van der Waals surface area (Å²) in [4.78, 5) is 15.0. The molecule has 1 aliphatic heterocycles. The van der Waals surface area contributed by atoms with Crippen LogP contribution in [0, 0.1) is 12.5 Å². The lowest BCUT2D eigenvalue weighted by Crippen LogP contribution is -2.25. The summed E-state index contributed by atoms with van der Waals surface area (Å²) in [5.74, 6) is 1.51. The van der Waals surface area contributed by atoms with Gasteiger partial charge in [0.1, 0.15) is 0 Å². The SMILES string of the molecule is Cl.[C-]#[N+]c1ccc(Cn2c(N3CC[C@@H](CN)C3)nc3ccccc32)nc1. The third kappa shape index (κ3) is 3.36. The number of para-hydroxylation sites is 2. The quantitative estimate of drug-likeness (QED) is 0.718. The normalized spacial score (nSPS) is 16.5. The maximum Gasteiger partial charge on any atom is 0.206 e. The Balaban J connectivity index is 0.00000196. The van der Waals surface area contributed by atoms with Crippen molar-refractivity contribution in [2.45, 2.75) is 13.0 Å². The third-order valence-corrected chi connectivity index (χ3v) is 4.79. The van der Waals surface area contributed by atoms with Gasteiger partial charge in [-0.2, -0.15) is 0 Å². The number of hydrogen-bond donors (Lipinski definition) is 1. The first-order chi connectivity index (χ1) is 12.3. The summed E-state index contributed by atoms with van der Waals surface area (Å²) in [5, 5.41) is 0. The van der Waals surface area contributed by atoms with Crippen LogP contribution in [0.25, 0.3) is 15.9 Å². The van der Waals surface area contributed by atoms with Crippen LogP contribution in [0.15, 0.2) is 42.6 Å². The number of anilines is 1. The summed E-state index contributed by atoms with van der Waals surface area (Å²) in [5.41, 5.74) is 9.43. The van der Waals surface area contributed by atoms with E-state index in [-0.39, 0.29) is 12.4 Å². The maximum absolute atomic E-state index is 7.06. The topological polar surface area (TPSA) is 64.3 Å². The number of hydrogen-bond acceptors (Lipinski definition) is 4. The van der Waals surface area contributed by atoms with Gasteiger partial charge in [-0.1, -0.05) is 18.2 Å². The standard InChI is InChI=1S/C19H20N6.ClH/c1-21-15-6-7-16(22-11-15)13-25-18-5-3-2-4-17(18)23-19(25)24-9-8-14(10-20)12-24;/h2-7,11,14H,8-10,12-13,20H2;1H/t14-;/m0./s1. The highest BCUT2D eigenvalue weighted by molar-refractivity contribution is 5.85. The summed E-state index contributed by atoms with van der Waals surface area (Å²) in [6.45, 7) is 10.3. The Hall–Kier alpha value is -2.62. The number of pyridine rings is 1. The predicted octanol–water partition coefficient (Wildman–Crippen LogP) is 3.24. The number of aromatic nitrogens is 3. The fourth-order valence-electron chi connectivity index (χ4n) is 3.41. The highest BCUT2D eigenvalue weighted by Crippen LogP contribution is 2.28. The molecule has 1 saturated heterocycles. The average Bonchev–Trinajstić information content (AvgIpc) is 3.27. The molecule has 1 aromatic carbocycles. The van der Waals surface area contributed by atoms with Gasteiger partial charge in [-0.25, -0.2) is 9.83 Å². The van der Waals surface area contributed by atoms with E-state index in [1.807, 2.05) is 30.3 Å². The number of benzene rings is 1. The molecule has 7 heteroatoms. The van der Waals surface area contributed by atoms with Gasteiger partial charge in [-0.15, -0.1) is 12.4 Å². The maximum atomic E-state index is 7.06. The zero-order chi connectivity index (χ0) is 17.2. The van der Waals surface area contributed by atoms with Crippen molar-refractivity contribution in [3.8, 4) is 0 Å². The Bertz CT molecular complexity index is 927. The second-order valence-corrected chi connectivity index (χ2v) is 6.44. The second-order valence-electron chi connectivity index (χ2n) is 6.44. The lowest BCUT2D eigenvalue weighted by molar-refractivity contribution is 0.600. The molecule has 2 N–H and O–H groups in total. The molecule has 134 valence electrons. The van der Waals surface area contributed by atoms with Crippen LogP contribution in [0.4, 0.5) is 11.6 Å². The van der Waals surface area contributed by atoms with Crippen LogP contribution in [0.1, 0.15) is 12.1 Å². The smallest absolute Gasteiger partial charge is 0.206 e. The van der Waals surface area contributed by atoms with Crippen molar-refractivity contribution >= 4 is 35.1 Å². The van der Waals surface area contributed by atoms with Crippen LogP contribution in [0.2, 0.25) is 0 Å². The Morgan fingerprint density at radius 2 is 2.08 bits per heavy atom. The van der Waals surface area contributed by atoms with Crippen molar-refractivity contribution < 1.29 is 0 Å². The number of nitrogens with two attached hydrogens (primary N) is 1. The van der Waals surface area contributed by atoms with Crippen LogP contribution in [-0.4, -0.2) is 34.2 Å². The summed E-state index contributed by atoms with van der Waals surface area (Å²) in [6.07, 6.45) is 2.74. The number of imidazole rings is 1. The molecule has 3 aromatic rings. The van der Waals surface area contributed by atoms with Crippen LogP contribution in [0.3, 0.4) is 0 Å². The van der Waals surface area contributed by atoms with Crippen molar-refractivity contribution in [3.63, 3.8) is 0 Å². The molecule has 0 radical (unpaired) electrons. The molecule has 1 aliphatic rings. The minimum absolute atomic E-state index is 0. The van der Waals surface area contributed by atoms with Crippen molar-refractivity contribution in [2.75, 3.05) is 24.5 Å². The van der Waals surface area contributed by atoms with E-state index in [9.17, 15) is 0 Å². The number of rotatable bonds is 4. The van der Waals surface area contributed by atoms with E-state index in [4.69, 9.17) is 17.3 Å². The summed E-state index contributed by atoms with van der Waals surface area (Å²) in [6, 6.07) is 11.9. The Labute approximate surface area is 158 Å². The Kier molecular flexibility index (Phi) is 5.40. The first-order valence-electron chi connectivity index (χ1n) is 8.51. The van der Waals surface area contributed by atoms with Gasteiger partial charge in [0.25, 0.3) is 0 Å². The Morgan fingerprint density at radius 1 is 1.23 bits per heavy atom. The summed E-state index contributed by atoms with van der Waals surface area (Å²) >= 11 is 0. The molecule has 1 atom stereocenters. The lowest BCUT2D eigenvalue weighted by atomic mass is 10.1. The van der Waals surface area contributed by atoms with Gasteiger partial charge in [-0.05, 0) is 37.1 Å². The molecule has 0 amide bonds. The van der Waals surface area contributed by atoms with Gasteiger partial charge in [0.05, 0.1) is 29.8 Å². The molecule has 0 spiro atoms. The molecule has 0 bridgehead atoms. The highest BCUT2D eigenvalue weighted by Gasteiger charge is 2.26. The van der Waals surface area contributed by atoms with Crippen LogP contribution < -0.4 is 10.6 Å². The van der Waals surface area contributed by atoms with Crippen LogP contribution in [0.5, 0.6) is 0 Å². The fraction of sp³-hybridized carbons (Fsp3) is 0.316. The molecule has 0 unspecified atom stereocenters. The molecule has 3 heterocycles. The van der Waals surface area contributed by atoms with E-state index in [1.54, 1.807) is 6.20 Å². The molecule has 0 saturated carbocycles. The van der Waals surface area contributed by atoms with Crippen molar-refractivity contribution in [3.05, 3.63) is 59.7 Å². The monoisotopic (exact) mass is 368 g/mol. The minimum Gasteiger partial charge on any atom is -0.342 e. The van der Waals surface area contributed by atoms with Gasteiger partial charge in [-0.3, -0.25) is 4.98 Å². The molecule has 2 aromatic heterocycles. The average molecular weight is 369 g/mol. The first kappa shape index (κ1) is 18.2. The molecule has 6 nitrogen and oxygen atoms in total. The van der Waals surface area contributed by atoms with E-state index < -0.39 is 0 Å². The zero-order valence-electron chi connectivity index (χ0n) is 14.4. The van der Waals surface area contributed by atoms with E-state index >= 15 is 0 Å². The second kappa shape index (κ2) is 7.73. The minimum atomic E-state index is 0. The van der Waals surface area contributed by atoms with E-state index in [0.29, 0.717) is 18.2 Å². The van der Waals surface area contributed by atoms with Gasteiger partial charge in [0.2, 0.25) is 11.6 Å². The molecule has 0 aliphatic carbocycles. The van der Waals surface area contributed by atoms with Crippen LogP contribution >= 0.6 is 12.4 Å². The van der Waals surface area contributed by atoms with E-state index in [2.05, 4.69) is 25.4 Å². The fourth-order valence-corrected chi connectivity index (χ4v) is 3.41. The molecular formula is C19H21ClN6. The van der Waals surface area contributed by atoms with Gasteiger partial charge >= 0.3 is 0 Å². The summed E-state index contributed by atoms with van der Waals surface area (Å²) in [7, 11) is 0. The Morgan fingerprint density at radius 3 is 2.77 bits per heavy atom. The predicted molar refractivity (Wildman–Crippen MR) is 106 cm³/mol. The van der Waals surface area contributed by atoms with Crippen molar-refractivity contribution in [1.29, 1.82) is 0 Å². The molecule has 4 rings (SSSR count). The molecule has 1 fully saturated rings. The number of nitrogens with zero attached hydrogens (tertiary/aromatic N) is 5. The van der Waals surface area contributed by atoms with Crippen LogP contribution in [-0.2, 0) is 6.54 Å². The zero-order valence-corrected chi connectivity index (χ0v) is 15.2.